The van der Waals surface area contributed by atoms with Gasteiger partial charge in [0.15, 0.2) is 0 Å². The van der Waals surface area contributed by atoms with Crippen molar-refractivity contribution >= 4 is 11.6 Å². The summed E-state index contributed by atoms with van der Waals surface area (Å²) in [5.41, 5.74) is 1.41. The number of nitrogens with one attached hydrogen (secondary N) is 2. The van der Waals surface area contributed by atoms with Crippen molar-refractivity contribution in [3.63, 3.8) is 0 Å². The molecule has 1 aliphatic carbocycles. The van der Waals surface area contributed by atoms with Crippen LogP contribution in [0.5, 0.6) is 0 Å². The maximum absolute atomic E-state index is 12.8. The van der Waals surface area contributed by atoms with E-state index in [1.54, 1.807) is 0 Å². The van der Waals surface area contributed by atoms with E-state index < -0.39 is 11.7 Å². The van der Waals surface area contributed by atoms with E-state index in [0.29, 0.717) is 12.5 Å². The lowest BCUT2D eigenvalue weighted by atomic mass is 9.83. The number of hydrogen-bond acceptors (Lipinski definition) is 4. The van der Waals surface area contributed by atoms with Crippen LogP contribution in [0.4, 0.5) is 24.8 Å². The van der Waals surface area contributed by atoms with Gasteiger partial charge in [0.2, 0.25) is 0 Å². The third-order valence-electron chi connectivity index (χ3n) is 4.01. The normalized spacial score (nSPS) is 22.9. The predicted octanol–water partition coefficient (Wildman–Crippen LogP) is 3.62. The van der Waals surface area contributed by atoms with Crippen LogP contribution in [0.2, 0.25) is 0 Å². The molecule has 2 rings (SSSR count). The zero-order valence-corrected chi connectivity index (χ0v) is 12.0. The minimum atomic E-state index is -4.41. The monoisotopic (exact) mass is 302 g/mol. The van der Waals surface area contributed by atoms with Gasteiger partial charge in [0.25, 0.3) is 0 Å². The van der Waals surface area contributed by atoms with Crippen molar-refractivity contribution in [2.75, 3.05) is 17.3 Å². The molecule has 118 valence electrons. The van der Waals surface area contributed by atoms with Gasteiger partial charge in [-0.15, -0.1) is 0 Å². The molecule has 1 aliphatic rings. The number of rotatable bonds is 4. The molecule has 7 heteroatoms. The number of aromatic nitrogens is 1. The molecular formula is C14H21F3N4. The van der Waals surface area contributed by atoms with E-state index in [1.165, 1.54) is 12.8 Å². The summed E-state index contributed by atoms with van der Waals surface area (Å²) in [6.45, 7) is 2.88. The molecule has 1 aromatic heterocycles. The molecule has 4 nitrogen and oxygen atoms in total. The number of hydrazine groups is 1. The standard InChI is InChI=1S/C14H21F3N4/c1-9-2-4-10(5-3-9)8-19-12-6-11(14(15,16)17)7-13(20-12)21-18/h6-7,9-10H,2-5,8,18H2,1H3,(H2,19,20,21). The van der Waals surface area contributed by atoms with Crippen LogP contribution in [0.15, 0.2) is 12.1 Å². The van der Waals surface area contributed by atoms with Gasteiger partial charge in [-0.25, -0.2) is 10.8 Å². The first-order chi connectivity index (χ1) is 9.88. The van der Waals surface area contributed by atoms with Gasteiger partial charge in [0.05, 0.1) is 5.56 Å². The van der Waals surface area contributed by atoms with E-state index >= 15 is 0 Å². The van der Waals surface area contributed by atoms with E-state index in [-0.39, 0.29) is 11.6 Å². The summed E-state index contributed by atoms with van der Waals surface area (Å²) in [4.78, 5) is 4.02. The lowest BCUT2D eigenvalue weighted by Crippen LogP contribution is -2.21. The van der Waals surface area contributed by atoms with Crippen LogP contribution in [-0.4, -0.2) is 11.5 Å². The van der Waals surface area contributed by atoms with Crippen molar-refractivity contribution in [3.05, 3.63) is 17.7 Å². The summed E-state index contributed by atoms with van der Waals surface area (Å²) < 4.78 is 38.4. The van der Waals surface area contributed by atoms with E-state index in [0.717, 1.165) is 30.9 Å². The molecule has 1 saturated carbocycles. The second kappa shape index (κ2) is 6.51. The van der Waals surface area contributed by atoms with Crippen LogP contribution in [0.1, 0.15) is 38.2 Å². The minimum absolute atomic E-state index is 0.00425. The van der Waals surface area contributed by atoms with Crippen molar-refractivity contribution in [2.45, 2.75) is 38.8 Å². The Hall–Kier alpha value is -1.50. The van der Waals surface area contributed by atoms with Crippen LogP contribution in [0, 0.1) is 11.8 Å². The minimum Gasteiger partial charge on any atom is -0.370 e. The predicted molar refractivity (Wildman–Crippen MR) is 76.7 cm³/mol. The molecule has 0 aliphatic heterocycles. The number of nitrogens with zero attached hydrogens (tertiary/aromatic N) is 1. The van der Waals surface area contributed by atoms with Crippen LogP contribution >= 0.6 is 0 Å². The van der Waals surface area contributed by atoms with Gasteiger partial charge in [-0.1, -0.05) is 19.8 Å². The average molecular weight is 302 g/mol. The van der Waals surface area contributed by atoms with Crippen molar-refractivity contribution in [1.29, 1.82) is 0 Å². The van der Waals surface area contributed by atoms with Gasteiger partial charge in [-0.05, 0) is 36.8 Å². The number of hydrogen-bond donors (Lipinski definition) is 3. The Kier molecular flexibility index (Phi) is 4.92. The summed E-state index contributed by atoms with van der Waals surface area (Å²) in [6.07, 6.45) is 0.158. The average Bonchev–Trinajstić information content (AvgIpc) is 2.45. The van der Waals surface area contributed by atoms with Crippen molar-refractivity contribution in [3.8, 4) is 0 Å². The highest BCUT2D eigenvalue weighted by atomic mass is 19.4. The fourth-order valence-corrected chi connectivity index (χ4v) is 2.64. The van der Waals surface area contributed by atoms with Crippen molar-refractivity contribution in [1.82, 2.24) is 4.98 Å². The molecule has 1 heterocycles. The largest absolute Gasteiger partial charge is 0.416 e. The van der Waals surface area contributed by atoms with E-state index in [1.807, 2.05) is 0 Å². The number of alkyl halides is 3. The van der Waals surface area contributed by atoms with Gasteiger partial charge in [-0.2, -0.15) is 13.2 Å². The smallest absolute Gasteiger partial charge is 0.370 e. The summed E-state index contributed by atoms with van der Waals surface area (Å²) in [5, 5.41) is 3.01. The van der Waals surface area contributed by atoms with Gasteiger partial charge in [-0.3, -0.25) is 0 Å². The number of halogens is 3. The van der Waals surface area contributed by atoms with Crippen molar-refractivity contribution in [2.24, 2.45) is 17.7 Å². The van der Waals surface area contributed by atoms with Gasteiger partial charge in [0.1, 0.15) is 11.6 Å². The van der Waals surface area contributed by atoms with Crippen LogP contribution in [-0.2, 0) is 6.18 Å². The summed E-state index contributed by atoms with van der Waals surface area (Å²) in [6, 6.07) is 1.92. The van der Waals surface area contributed by atoms with Crippen LogP contribution in [0.25, 0.3) is 0 Å². The SMILES string of the molecule is CC1CCC(CNc2cc(C(F)(F)F)cc(NN)n2)CC1. The second-order valence-corrected chi connectivity index (χ2v) is 5.78. The van der Waals surface area contributed by atoms with E-state index in [2.05, 4.69) is 22.7 Å². The Labute approximate surface area is 122 Å². The number of pyridine rings is 1. The molecule has 0 radical (unpaired) electrons. The lowest BCUT2D eigenvalue weighted by molar-refractivity contribution is -0.137. The molecule has 0 bridgehead atoms. The molecule has 1 aromatic rings. The number of nitrogen functional groups attached to an aromatic ring is 1. The molecule has 0 atom stereocenters. The Morgan fingerprint density at radius 2 is 1.81 bits per heavy atom. The number of anilines is 2. The van der Waals surface area contributed by atoms with Gasteiger partial charge >= 0.3 is 6.18 Å². The molecule has 1 fully saturated rings. The summed E-state index contributed by atoms with van der Waals surface area (Å²) >= 11 is 0. The maximum atomic E-state index is 12.8. The van der Waals surface area contributed by atoms with Crippen LogP contribution < -0.4 is 16.6 Å². The third kappa shape index (κ3) is 4.49. The fraction of sp³-hybridized carbons (Fsp3) is 0.643. The zero-order chi connectivity index (χ0) is 15.5. The Bertz CT molecular complexity index is 468. The highest BCUT2D eigenvalue weighted by molar-refractivity contribution is 5.49. The molecule has 0 amide bonds. The molecular weight excluding hydrogens is 281 g/mol. The van der Waals surface area contributed by atoms with Crippen LogP contribution in [0.3, 0.4) is 0 Å². The summed E-state index contributed by atoms with van der Waals surface area (Å²) in [5.74, 6) is 6.63. The Morgan fingerprint density at radius 3 is 2.38 bits per heavy atom. The molecule has 0 saturated heterocycles. The van der Waals surface area contributed by atoms with Crippen molar-refractivity contribution < 1.29 is 13.2 Å². The molecule has 4 N–H and O–H groups in total. The second-order valence-electron chi connectivity index (χ2n) is 5.78. The van der Waals surface area contributed by atoms with Gasteiger partial charge in [0, 0.05) is 6.54 Å². The Morgan fingerprint density at radius 1 is 1.19 bits per heavy atom. The number of nitrogens with two attached hydrogens (primary N) is 1. The first-order valence-corrected chi connectivity index (χ1v) is 7.18. The van der Waals surface area contributed by atoms with Gasteiger partial charge < -0.3 is 10.7 Å². The molecule has 0 unspecified atom stereocenters. The summed E-state index contributed by atoms with van der Waals surface area (Å²) in [7, 11) is 0. The highest BCUT2D eigenvalue weighted by Crippen LogP contribution is 2.32. The Balaban J connectivity index is 2.02. The fourth-order valence-electron chi connectivity index (χ4n) is 2.64. The highest BCUT2D eigenvalue weighted by Gasteiger charge is 2.31. The molecule has 0 spiro atoms. The van der Waals surface area contributed by atoms with E-state index in [4.69, 9.17) is 5.84 Å². The third-order valence-corrected chi connectivity index (χ3v) is 4.01. The topological polar surface area (TPSA) is 63.0 Å². The molecule has 0 aromatic carbocycles. The molecule has 21 heavy (non-hydrogen) atoms. The first-order valence-electron chi connectivity index (χ1n) is 7.18. The van der Waals surface area contributed by atoms with E-state index in [9.17, 15) is 13.2 Å². The maximum Gasteiger partial charge on any atom is 0.416 e. The quantitative estimate of drug-likeness (QED) is 0.587. The zero-order valence-electron chi connectivity index (χ0n) is 12.0. The first kappa shape index (κ1) is 15.9. The lowest BCUT2D eigenvalue weighted by Gasteiger charge is -2.26.